The topological polar surface area (TPSA) is 27.7 Å². The number of aryl methyl sites for hydroxylation is 1. The van der Waals surface area contributed by atoms with Crippen LogP contribution in [-0.4, -0.2) is 33.2 Å². The van der Waals surface area contributed by atoms with Gasteiger partial charge in [-0.15, -0.1) is 11.3 Å². The fourth-order valence-corrected chi connectivity index (χ4v) is 4.51. The summed E-state index contributed by atoms with van der Waals surface area (Å²) in [6, 6.07) is 4.36. The van der Waals surface area contributed by atoms with E-state index >= 15 is 0 Å². The van der Waals surface area contributed by atoms with Crippen LogP contribution in [0.1, 0.15) is 59.8 Å². The van der Waals surface area contributed by atoms with Crippen LogP contribution in [0.3, 0.4) is 0 Å². The van der Waals surface area contributed by atoms with Gasteiger partial charge in [-0.05, 0) is 64.7 Å². The molecule has 25 heavy (non-hydrogen) atoms. The smallest absolute Gasteiger partial charge is 0.417 e. The second kappa shape index (κ2) is 7.12. The lowest BCUT2D eigenvalue weighted by Crippen LogP contribution is -2.41. The highest BCUT2D eigenvalue weighted by molar-refractivity contribution is 7.22. The van der Waals surface area contributed by atoms with Gasteiger partial charge in [0.05, 0.1) is 11.2 Å². The highest BCUT2D eigenvalue weighted by Gasteiger charge is 2.52. The van der Waals surface area contributed by atoms with Crippen molar-refractivity contribution < 1.29 is 13.7 Å². The average molecular weight is 382 g/mol. The molecule has 142 valence electrons. The third kappa shape index (κ3) is 4.78. The molecule has 0 bridgehead atoms. The Bertz CT molecular complexity index is 574. The lowest BCUT2D eigenvalue weighted by molar-refractivity contribution is 0.00578. The summed E-state index contributed by atoms with van der Waals surface area (Å²) in [7, 11) is -1.87. The molecule has 0 saturated carbocycles. The van der Waals surface area contributed by atoms with Crippen molar-refractivity contribution in [3.05, 3.63) is 17.0 Å². The van der Waals surface area contributed by atoms with Gasteiger partial charge >= 0.3 is 7.12 Å². The average Bonchev–Trinajstić information content (AvgIpc) is 2.97. The van der Waals surface area contributed by atoms with E-state index in [1.165, 1.54) is 9.65 Å². The van der Waals surface area contributed by atoms with E-state index in [0.717, 1.165) is 19.4 Å². The quantitative estimate of drug-likeness (QED) is 0.512. The van der Waals surface area contributed by atoms with Crippen LogP contribution in [0.2, 0.25) is 18.1 Å². The summed E-state index contributed by atoms with van der Waals surface area (Å²) in [5, 5.41) is 0.278. The van der Waals surface area contributed by atoms with Gasteiger partial charge < -0.3 is 13.7 Å². The van der Waals surface area contributed by atoms with E-state index in [4.69, 9.17) is 13.7 Å². The highest BCUT2D eigenvalue weighted by Crippen LogP contribution is 2.37. The molecule has 1 aliphatic heterocycles. The van der Waals surface area contributed by atoms with Crippen molar-refractivity contribution in [3.63, 3.8) is 0 Å². The molecule has 1 aromatic rings. The van der Waals surface area contributed by atoms with Gasteiger partial charge in [-0.2, -0.15) is 0 Å². The summed E-state index contributed by atoms with van der Waals surface area (Å²) < 4.78 is 19.7. The molecule has 0 N–H and O–H groups in total. The largest absolute Gasteiger partial charge is 0.505 e. The second-order valence-electron chi connectivity index (χ2n) is 9.60. The molecule has 6 heteroatoms. The normalized spacial score (nSPS) is 20.3. The molecule has 1 saturated heterocycles. The van der Waals surface area contributed by atoms with Gasteiger partial charge in [-0.3, -0.25) is 0 Å². The first-order chi connectivity index (χ1) is 11.3. The zero-order valence-electron chi connectivity index (χ0n) is 17.5. The molecule has 1 aromatic heterocycles. The molecule has 0 aliphatic carbocycles. The van der Waals surface area contributed by atoms with Gasteiger partial charge in [0, 0.05) is 16.3 Å². The minimum absolute atomic E-state index is 0.243. The monoisotopic (exact) mass is 382 g/mol. The van der Waals surface area contributed by atoms with Crippen LogP contribution in [-0.2, 0) is 20.2 Å². The maximum Gasteiger partial charge on any atom is 0.505 e. The van der Waals surface area contributed by atoms with Gasteiger partial charge in [0.25, 0.3) is 0 Å². The lowest BCUT2D eigenvalue weighted by Gasteiger charge is -2.36. The fourth-order valence-electron chi connectivity index (χ4n) is 2.40. The van der Waals surface area contributed by atoms with Crippen molar-refractivity contribution in [2.24, 2.45) is 0 Å². The molecule has 0 aromatic carbocycles. The Morgan fingerprint density at radius 1 is 1.08 bits per heavy atom. The van der Waals surface area contributed by atoms with Gasteiger partial charge in [-0.1, -0.05) is 26.8 Å². The minimum atomic E-state index is -1.63. The van der Waals surface area contributed by atoms with E-state index in [1.807, 2.05) is 0 Å². The summed E-state index contributed by atoms with van der Waals surface area (Å²) in [5.74, 6) is 0. The maximum atomic E-state index is 6.27. The molecular weight excluding hydrogens is 347 g/mol. The first kappa shape index (κ1) is 21.2. The number of rotatable bonds is 6. The highest BCUT2D eigenvalue weighted by atomic mass is 32.1. The van der Waals surface area contributed by atoms with Crippen molar-refractivity contribution in [1.29, 1.82) is 0 Å². The van der Waals surface area contributed by atoms with E-state index in [1.54, 1.807) is 11.3 Å². The van der Waals surface area contributed by atoms with Crippen LogP contribution in [0.15, 0.2) is 12.1 Å². The van der Waals surface area contributed by atoms with E-state index in [0.29, 0.717) is 0 Å². The minimum Gasteiger partial charge on any atom is -0.417 e. The van der Waals surface area contributed by atoms with Gasteiger partial charge in [0.2, 0.25) is 0 Å². The first-order valence-electron chi connectivity index (χ1n) is 9.33. The Kier molecular flexibility index (Phi) is 6.03. The van der Waals surface area contributed by atoms with Crippen molar-refractivity contribution in [2.75, 3.05) is 6.61 Å². The van der Waals surface area contributed by atoms with Crippen LogP contribution in [0.5, 0.6) is 0 Å². The van der Waals surface area contributed by atoms with E-state index in [9.17, 15) is 0 Å². The molecule has 0 spiro atoms. The molecule has 0 amide bonds. The Hall–Kier alpha value is -0.138. The van der Waals surface area contributed by atoms with Crippen LogP contribution < -0.4 is 4.78 Å². The Balaban J connectivity index is 1.85. The van der Waals surface area contributed by atoms with Crippen LogP contribution >= 0.6 is 11.3 Å². The molecule has 1 fully saturated rings. The lowest BCUT2D eigenvalue weighted by atomic mass is 9.88. The molecular formula is C19H35BO3SSi. The van der Waals surface area contributed by atoms with Crippen molar-refractivity contribution in [2.45, 2.75) is 90.6 Å². The second-order valence-corrected chi connectivity index (χ2v) is 15.6. The molecule has 3 nitrogen and oxygen atoms in total. The fraction of sp³-hybridized carbons (Fsp3) is 0.789. The Morgan fingerprint density at radius 2 is 1.64 bits per heavy atom. The van der Waals surface area contributed by atoms with Crippen molar-refractivity contribution in [1.82, 2.24) is 0 Å². The Morgan fingerprint density at radius 3 is 2.16 bits per heavy atom. The number of hydrogen-bond donors (Lipinski definition) is 0. The SMILES string of the molecule is CC1(C)OB(c2ccc(CCCO[Si](C)(C)C(C)(C)C)s2)OC1(C)C. The molecule has 0 unspecified atom stereocenters. The molecule has 0 radical (unpaired) electrons. The predicted octanol–water partition coefficient (Wildman–Crippen LogP) is 5.00. The molecule has 1 aliphatic rings. The van der Waals surface area contributed by atoms with Crippen molar-refractivity contribution >= 4 is 31.5 Å². The van der Waals surface area contributed by atoms with E-state index < -0.39 is 8.32 Å². The zero-order chi connectivity index (χ0) is 19.1. The van der Waals surface area contributed by atoms with Gasteiger partial charge in [-0.25, -0.2) is 0 Å². The van der Waals surface area contributed by atoms with Gasteiger partial charge in [0.1, 0.15) is 0 Å². The number of thiophene rings is 1. The standard InChI is InChI=1S/C19H35BO3SSi/c1-17(2,3)25(8,9)21-14-10-11-15-12-13-16(24-15)20-22-18(4,5)19(6,7)23-20/h12-13H,10-11,14H2,1-9H3. The third-order valence-electron chi connectivity index (χ3n) is 6.00. The summed E-state index contributed by atoms with van der Waals surface area (Å²) in [6.07, 6.45) is 2.12. The first-order valence-corrected chi connectivity index (χ1v) is 13.1. The van der Waals surface area contributed by atoms with E-state index in [-0.39, 0.29) is 23.4 Å². The maximum absolute atomic E-state index is 6.27. The predicted molar refractivity (Wildman–Crippen MR) is 112 cm³/mol. The summed E-state index contributed by atoms with van der Waals surface area (Å²) in [5.41, 5.74) is -0.558. The zero-order valence-corrected chi connectivity index (χ0v) is 19.3. The summed E-state index contributed by atoms with van der Waals surface area (Å²) >= 11 is 1.80. The Labute approximate surface area is 159 Å². The molecule has 2 rings (SSSR count). The molecule has 2 heterocycles. The summed E-state index contributed by atoms with van der Waals surface area (Å²) in [6.45, 7) is 20.7. The van der Waals surface area contributed by atoms with Crippen molar-refractivity contribution in [3.8, 4) is 0 Å². The summed E-state index contributed by atoms with van der Waals surface area (Å²) in [4.78, 5) is 1.38. The number of hydrogen-bond acceptors (Lipinski definition) is 4. The third-order valence-corrected chi connectivity index (χ3v) is 11.7. The molecule has 0 atom stereocenters. The van der Waals surface area contributed by atoms with Crippen LogP contribution in [0.4, 0.5) is 0 Å². The van der Waals surface area contributed by atoms with Crippen LogP contribution in [0, 0.1) is 0 Å². The van der Waals surface area contributed by atoms with Crippen LogP contribution in [0.25, 0.3) is 0 Å². The van der Waals surface area contributed by atoms with E-state index in [2.05, 4.69) is 73.7 Å². The van der Waals surface area contributed by atoms with Gasteiger partial charge in [0.15, 0.2) is 8.32 Å².